The topological polar surface area (TPSA) is 91.0 Å². The van der Waals surface area contributed by atoms with E-state index in [1.807, 2.05) is 0 Å². The molecule has 0 aromatic rings. The van der Waals surface area contributed by atoms with Crippen LogP contribution in [0.15, 0.2) is 0 Å². The van der Waals surface area contributed by atoms with Gasteiger partial charge in [-0.25, -0.2) is 4.79 Å². The summed E-state index contributed by atoms with van der Waals surface area (Å²) in [6.45, 7) is 6.62. The van der Waals surface area contributed by atoms with Crippen LogP contribution in [0.3, 0.4) is 0 Å². The van der Waals surface area contributed by atoms with Crippen molar-refractivity contribution < 1.29 is 19.2 Å². The third kappa shape index (κ3) is 5.44. The predicted octanol–water partition coefficient (Wildman–Crippen LogP) is 0.673. The Hall–Kier alpha value is -1.67. The molecule has 0 bridgehead atoms. The normalized spacial score (nSPS) is 23.8. The average Bonchev–Trinajstić information content (AvgIpc) is 2.77. The monoisotopic (exact) mass is 394 g/mol. The van der Waals surface area contributed by atoms with Crippen LogP contribution in [-0.4, -0.2) is 72.9 Å². The first-order chi connectivity index (χ1) is 13.6. The summed E-state index contributed by atoms with van der Waals surface area (Å²) >= 11 is 0. The number of carbonyl (C=O) groups excluding carboxylic acids is 3. The first-order valence-electron chi connectivity index (χ1n) is 10.8. The smallest absolute Gasteiger partial charge is 0.340 e. The fourth-order valence-electron chi connectivity index (χ4n) is 4.49. The first-order valence-corrected chi connectivity index (χ1v) is 10.8. The van der Waals surface area contributed by atoms with Crippen molar-refractivity contribution in [1.82, 2.24) is 20.6 Å². The number of amides is 2. The quantitative estimate of drug-likeness (QED) is 0.538. The van der Waals surface area contributed by atoms with Gasteiger partial charge in [-0.15, -0.1) is 0 Å². The van der Waals surface area contributed by atoms with E-state index in [1.165, 1.54) is 0 Å². The highest BCUT2D eigenvalue weighted by Gasteiger charge is 2.33. The van der Waals surface area contributed by atoms with Crippen molar-refractivity contribution in [2.24, 2.45) is 11.8 Å². The molecule has 3 rings (SSSR count). The van der Waals surface area contributed by atoms with Gasteiger partial charge in [0.2, 0.25) is 5.91 Å². The molecule has 2 aliphatic heterocycles. The molecule has 1 aliphatic carbocycles. The van der Waals surface area contributed by atoms with E-state index < -0.39 is 11.9 Å². The summed E-state index contributed by atoms with van der Waals surface area (Å²) in [5.41, 5.74) is 2.27. The number of nitrogens with one attached hydrogen (secondary N) is 2. The number of hydrogen-bond acceptors (Lipinski definition) is 6. The first kappa shape index (κ1) is 21.0. The molecule has 2 saturated heterocycles. The van der Waals surface area contributed by atoms with Crippen LogP contribution in [0.1, 0.15) is 51.9 Å². The van der Waals surface area contributed by atoms with E-state index in [4.69, 9.17) is 4.84 Å². The SMILES string of the molecule is CC(C(=O)ONC(=O)C1CCCCC1)C(=O)N1CCN(C2CCNCC2)CC1. The highest BCUT2D eigenvalue weighted by atomic mass is 16.7. The molecule has 3 aliphatic rings. The van der Waals surface area contributed by atoms with Crippen molar-refractivity contribution in [3.05, 3.63) is 0 Å². The summed E-state index contributed by atoms with van der Waals surface area (Å²) in [7, 11) is 0. The van der Waals surface area contributed by atoms with E-state index in [0.717, 1.165) is 71.1 Å². The summed E-state index contributed by atoms with van der Waals surface area (Å²) in [6, 6.07) is 0.593. The van der Waals surface area contributed by atoms with E-state index in [0.29, 0.717) is 19.1 Å². The zero-order valence-corrected chi connectivity index (χ0v) is 17.0. The highest BCUT2D eigenvalue weighted by Crippen LogP contribution is 2.23. The predicted molar refractivity (Wildman–Crippen MR) is 104 cm³/mol. The van der Waals surface area contributed by atoms with E-state index in [1.54, 1.807) is 11.8 Å². The number of hydrogen-bond donors (Lipinski definition) is 2. The molecule has 1 unspecified atom stereocenters. The highest BCUT2D eigenvalue weighted by molar-refractivity contribution is 5.97. The van der Waals surface area contributed by atoms with Gasteiger partial charge in [0.05, 0.1) is 0 Å². The molecule has 1 saturated carbocycles. The Morgan fingerprint density at radius 3 is 2.25 bits per heavy atom. The molecule has 2 heterocycles. The summed E-state index contributed by atoms with van der Waals surface area (Å²) in [4.78, 5) is 46.1. The maximum absolute atomic E-state index is 12.7. The molecule has 158 valence electrons. The van der Waals surface area contributed by atoms with Gasteiger partial charge in [-0.3, -0.25) is 14.5 Å². The summed E-state index contributed by atoms with van der Waals surface area (Å²) < 4.78 is 0. The molecule has 0 aromatic heterocycles. The van der Waals surface area contributed by atoms with Gasteiger partial charge in [0.15, 0.2) is 0 Å². The van der Waals surface area contributed by atoms with Gasteiger partial charge in [-0.1, -0.05) is 19.3 Å². The van der Waals surface area contributed by atoms with Gasteiger partial charge in [0.25, 0.3) is 5.91 Å². The molecule has 3 fully saturated rings. The third-order valence-electron chi connectivity index (χ3n) is 6.40. The van der Waals surface area contributed by atoms with Crippen LogP contribution in [0.4, 0.5) is 0 Å². The zero-order valence-electron chi connectivity index (χ0n) is 17.0. The van der Waals surface area contributed by atoms with E-state index in [-0.39, 0.29) is 17.7 Å². The second kappa shape index (κ2) is 10.2. The van der Waals surface area contributed by atoms with Gasteiger partial charge in [0, 0.05) is 38.1 Å². The Kier molecular flexibility index (Phi) is 7.67. The standard InChI is InChI=1S/C20H34N4O4/c1-15(20(27)28-22-18(25)16-5-3-2-4-6-16)19(26)24-13-11-23(12-14-24)17-7-9-21-10-8-17/h15-17,21H,2-14H2,1H3,(H,22,25). The molecular weight excluding hydrogens is 360 g/mol. The molecule has 0 spiro atoms. The molecule has 8 nitrogen and oxygen atoms in total. The summed E-state index contributed by atoms with van der Waals surface area (Å²) in [5, 5.41) is 3.38. The lowest BCUT2D eigenvalue weighted by atomic mass is 9.89. The minimum absolute atomic E-state index is 0.0874. The molecule has 2 N–H and O–H groups in total. The Bertz CT molecular complexity index is 550. The van der Waals surface area contributed by atoms with Crippen LogP contribution >= 0.6 is 0 Å². The Morgan fingerprint density at radius 1 is 0.964 bits per heavy atom. The Labute approximate surface area is 167 Å². The van der Waals surface area contributed by atoms with Gasteiger partial charge in [-0.05, 0) is 45.7 Å². The van der Waals surface area contributed by atoms with Crippen LogP contribution in [0, 0.1) is 11.8 Å². The second-order valence-corrected chi connectivity index (χ2v) is 8.29. The van der Waals surface area contributed by atoms with Gasteiger partial charge >= 0.3 is 5.97 Å². The molecule has 1 atom stereocenters. The van der Waals surface area contributed by atoms with Crippen molar-refractivity contribution in [3.63, 3.8) is 0 Å². The fraction of sp³-hybridized carbons (Fsp3) is 0.850. The van der Waals surface area contributed by atoms with Crippen LogP contribution in [-0.2, 0) is 19.2 Å². The van der Waals surface area contributed by atoms with Crippen molar-refractivity contribution in [3.8, 4) is 0 Å². The van der Waals surface area contributed by atoms with Crippen molar-refractivity contribution >= 4 is 17.8 Å². The molecule has 0 radical (unpaired) electrons. The van der Waals surface area contributed by atoms with Gasteiger partial charge in [0.1, 0.15) is 5.92 Å². The largest absolute Gasteiger partial charge is 0.344 e. The van der Waals surface area contributed by atoms with E-state index >= 15 is 0 Å². The third-order valence-corrected chi connectivity index (χ3v) is 6.40. The van der Waals surface area contributed by atoms with Gasteiger partial charge in [-0.2, -0.15) is 5.48 Å². The Morgan fingerprint density at radius 2 is 1.61 bits per heavy atom. The van der Waals surface area contributed by atoms with Crippen LogP contribution in [0.25, 0.3) is 0 Å². The number of rotatable bonds is 4. The van der Waals surface area contributed by atoms with Crippen molar-refractivity contribution in [1.29, 1.82) is 0 Å². The maximum atomic E-state index is 12.7. The lowest BCUT2D eigenvalue weighted by Gasteiger charge is -2.41. The van der Waals surface area contributed by atoms with Gasteiger partial charge < -0.3 is 15.1 Å². The molecule has 28 heavy (non-hydrogen) atoms. The number of hydroxylamine groups is 1. The lowest BCUT2D eigenvalue weighted by molar-refractivity contribution is -0.167. The molecule has 8 heteroatoms. The van der Waals surface area contributed by atoms with Crippen molar-refractivity contribution in [2.45, 2.75) is 57.9 Å². The molecule has 2 amide bonds. The average molecular weight is 395 g/mol. The van der Waals surface area contributed by atoms with Crippen molar-refractivity contribution in [2.75, 3.05) is 39.3 Å². The minimum Gasteiger partial charge on any atom is -0.340 e. The zero-order chi connectivity index (χ0) is 19.9. The molecular formula is C20H34N4O4. The van der Waals surface area contributed by atoms with Crippen LogP contribution in [0.5, 0.6) is 0 Å². The van der Waals surface area contributed by atoms with Crippen LogP contribution in [0.2, 0.25) is 0 Å². The summed E-state index contributed by atoms with van der Waals surface area (Å²) in [6.07, 6.45) is 7.18. The maximum Gasteiger partial charge on any atom is 0.344 e. The van der Waals surface area contributed by atoms with Crippen LogP contribution < -0.4 is 10.8 Å². The second-order valence-electron chi connectivity index (χ2n) is 8.29. The fourth-order valence-corrected chi connectivity index (χ4v) is 4.49. The Balaban J connectivity index is 1.39. The molecule has 0 aromatic carbocycles. The number of piperazine rings is 1. The number of piperidine rings is 1. The lowest BCUT2D eigenvalue weighted by Crippen LogP contribution is -2.55. The number of carbonyl (C=O) groups is 3. The minimum atomic E-state index is -0.905. The van der Waals surface area contributed by atoms with E-state index in [9.17, 15) is 14.4 Å². The number of nitrogens with zero attached hydrogens (tertiary/aromatic N) is 2. The summed E-state index contributed by atoms with van der Waals surface area (Å²) in [5.74, 6) is -2.15. The van der Waals surface area contributed by atoms with E-state index in [2.05, 4.69) is 15.7 Å².